The molecule has 0 aliphatic heterocycles. The van der Waals surface area contributed by atoms with Crippen LogP contribution in [0.1, 0.15) is 17.3 Å². The first-order valence-corrected chi connectivity index (χ1v) is 9.50. The topological polar surface area (TPSA) is 89.9 Å². The average Bonchev–Trinajstić information content (AvgIpc) is 2.51. The van der Waals surface area contributed by atoms with Gasteiger partial charge < -0.3 is 14.0 Å². The van der Waals surface area contributed by atoms with E-state index in [-0.39, 0.29) is 28.6 Å². The van der Waals surface area contributed by atoms with Crippen molar-refractivity contribution in [3.8, 4) is 11.5 Å². The Labute approximate surface area is 157 Å². The fourth-order valence-corrected chi connectivity index (χ4v) is 3.74. The highest BCUT2D eigenvalue weighted by Gasteiger charge is 2.23. The highest BCUT2D eigenvalue weighted by atomic mass is 127. The molecule has 0 aromatic heterocycles. The van der Waals surface area contributed by atoms with Gasteiger partial charge in [-0.3, -0.25) is 0 Å². The van der Waals surface area contributed by atoms with E-state index in [0.29, 0.717) is 8.59 Å². The van der Waals surface area contributed by atoms with Crippen LogP contribution in [0, 0.1) is 3.57 Å². The monoisotopic (exact) mass is 482 g/mol. The maximum atomic E-state index is 12.4. The number of carboxylic acid groups (broad SMARTS) is 1. The molecule has 6 nitrogen and oxygen atoms in total. The molecule has 0 fully saturated rings. The van der Waals surface area contributed by atoms with E-state index in [9.17, 15) is 13.2 Å². The molecule has 0 unspecified atom stereocenters. The Morgan fingerprint density at radius 2 is 1.88 bits per heavy atom. The van der Waals surface area contributed by atoms with Crippen molar-refractivity contribution in [2.75, 3.05) is 6.61 Å². The second kappa shape index (κ2) is 7.58. The molecule has 0 aliphatic carbocycles. The van der Waals surface area contributed by atoms with Gasteiger partial charge in [0.05, 0.1) is 15.7 Å². The lowest BCUT2D eigenvalue weighted by molar-refractivity contribution is 0.0696. The van der Waals surface area contributed by atoms with E-state index in [2.05, 4.69) is 0 Å². The van der Waals surface area contributed by atoms with Crippen LogP contribution in [0.4, 0.5) is 0 Å². The highest BCUT2D eigenvalue weighted by Crippen LogP contribution is 2.36. The third kappa shape index (κ3) is 4.31. The van der Waals surface area contributed by atoms with Gasteiger partial charge in [-0.25, -0.2) is 4.79 Å². The third-order valence-electron chi connectivity index (χ3n) is 2.85. The number of carboxylic acids is 1. The van der Waals surface area contributed by atoms with E-state index < -0.39 is 16.1 Å². The normalized spacial score (nSPS) is 11.1. The minimum absolute atomic E-state index is 0.0286. The highest BCUT2D eigenvalue weighted by molar-refractivity contribution is 14.1. The van der Waals surface area contributed by atoms with Crippen LogP contribution in [0.3, 0.4) is 0 Å². The van der Waals surface area contributed by atoms with Crippen molar-refractivity contribution in [2.24, 2.45) is 0 Å². The molecule has 0 aliphatic rings. The van der Waals surface area contributed by atoms with Crippen molar-refractivity contribution in [1.29, 1.82) is 0 Å². The molecule has 0 bridgehead atoms. The molecule has 0 saturated heterocycles. The number of aromatic carboxylic acids is 1. The summed E-state index contributed by atoms with van der Waals surface area (Å²) in [6.45, 7) is 1.91. The predicted octanol–water partition coefficient (Wildman–Crippen LogP) is 3.81. The van der Waals surface area contributed by atoms with Gasteiger partial charge in [0.2, 0.25) is 0 Å². The number of hydrogen-bond acceptors (Lipinski definition) is 5. The quantitative estimate of drug-likeness (QED) is 0.497. The summed E-state index contributed by atoms with van der Waals surface area (Å²) in [5.74, 6) is -1.17. The van der Waals surface area contributed by atoms with Crippen LogP contribution in [-0.2, 0) is 10.1 Å². The van der Waals surface area contributed by atoms with Gasteiger partial charge in [0.25, 0.3) is 0 Å². The molecular formula is C15H12ClIO6S. The molecule has 1 N–H and O–H groups in total. The Bertz CT molecular complexity index is 864. The van der Waals surface area contributed by atoms with E-state index in [4.69, 9.17) is 25.6 Å². The molecule has 0 amide bonds. The van der Waals surface area contributed by atoms with Crippen molar-refractivity contribution < 1.29 is 27.2 Å². The molecule has 2 aromatic carbocycles. The van der Waals surface area contributed by atoms with Crippen molar-refractivity contribution >= 4 is 50.3 Å². The summed E-state index contributed by atoms with van der Waals surface area (Å²) in [5.41, 5.74) is -0.0286. The van der Waals surface area contributed by atoms with Crippen LogP contribution in [-0.4, -0.2) is 26.1 Å². The lowest BCUT2D eigenvalue weighted by Gasteiger charge is -2.14. The maximum Gasteiger partial charge on any atom is 0.339 e. The fourth-order valence-electron chi connectivity index (χ4n) is 1.79. The van der Waals surface area contributed by atoms with Crippen LogP contribution < -0.4 is 8.92 Å². The van der Waals surface area contributed by atoms with Crippen LogP contribution in [0.15, 0.2) is 41.3 Å². The van der Waals surface area contributed by atoms with Gasteiger partial charge in [-0.15, -0.1) is 0 Å². The lowest BCUT2D eigenvalue weighted by atomic mass is 10.2. The van der Waals surface area contributed by atoms with Gasteiger partial charge in [-0.05, 0) is 65.9 Å². The zero-order valence-electron chi connectivity index (χ0n) is 12.3. The summed E-state index contributed by atoms with van der Waals surface area (Å²) in [7, 11) is -4.12. The van der Waals surface area contributed by atoms with Gasteiger partial charge in [0.1, 0.15) is 4.90 Å². The summed E-state index contributed by atoms with van der Waals surface area (Å²) < 4.78 is 35.6. The van der Waals surface area contributed by atoms with Crippen molar-refractivity contribution in [3.05, 3.63) is 50.6 Å². The van der Waals surface area contributed by atoms with Crippen LogP contribution >= 0.6 is 34.2 Å². The summed E-state index contributed by atoms with van der Waals surface area (Å²) in [4.78, 5) is 11.1. The average molecular weight is 483 g/mol. The molecule has 24 heavy (non-hydrogen) atoms. The smallest absolute Gasteiger partial charge is 0.339 e. The van der Waals surface area contributed by atoms with Crippen LogP contribution in [0.25, 0.3) is 0 Å². The van der Waals surface area contributed by atoms with Crippen molar-refractivity contribution in [3.63, 3.8) is 0 Å². The maximum absolute atomic E-state index is 12.4. The molecular weight excluding hydrogens is 471 g/mol. The van der Waals surface area contributed by atoms with E-state index in [1.807, 2.05) is 0 Å². The Morgan fingerprint density at radius 1 is 1.25 bits per heavy atom. The standard InChI is InChI=1S/C15H12ClIO6S/c1-2-22-13-8-9(15(18)19)7-12(17)14(13)23-24(20,21)11-5-3-10(16)4-6-11/h3-8H,2H2,1H3,(H,18,19). The van der Waals surface area contributed by atoms with E-state index in [1.165, 1.54) is 36.4 Å². The summed E-state index contributed by atoms with van der Waals surface area (Å²) in [6.07, 6.45) is 0. The van der Waals surface area contributed by atoms with Crippen LogP contribution in [0.5, 0.6) is 11.5 Å². The molecule has 9 heteroatoms. The second-order valence-corrected chi connectivity index (χ2v) is 7.66. The Kier molecular flexibility index (Phi) is 5.94. The zero-order chi connectivity index (χ0) is 17.9. The first-order valence-electron chi connectivity index (χ1n) is 6.64. The molecule has 0 saturated carbocycles. The molecule has 0 spiro atoms. The van der Waals surface area contributed by atoms with Crippen LogP contribution in [0.2, 0.25) is 5.02 Å². The van der Waals surface area contributed by atoms with Gasteiger partial charge >= 0.3 is 16.1 Å². The third-order valence-corrected chi connectivity index (χ3v) is 5.14. The number of halogens is 2. The number of hydrogen-bond donors (Lipinski definition) is 1. The Hall–Kier alpha value is -1.52. The molecule has 2 aromatic rings. The molecule has 128 valence electrons. The SMILES string of the molecule is CCOc1cc(C(=O)O)cc(I)c1OS(=O)(=O)c1ccc(Cl)cc1. The Morgan fingerprint density at radius 3 is 2.42 bits per heavy atom. The predicted molar refractivity (Wildman–Crippen MR) is 96.6 cm³/mol. The largest absolute Gasteiger partial charge is 0.490 e. The number of benzene rings is 2. The molecule has 2 rings (SSSR count). The summed E-state index contributed by atoms with van der Waals surface area (Å²) in [6, 6.07) is 8.02. The van der Waals surface area contributed by atoms with Gasteiger partial charge in [0.15, 0.2) is 11.5 Å². The zero-order valence-corrected chi connectivity index (χ0v) is 16.1. The van der Waals surface area contributed by atoms with Gasteiger partial charge in [-0.1, -0.05) is 11.6 Å². The first kappa shape index (κ1) is 18.8. The summed E-state index contributed by atoms with van der Waals surface area (Å²) in [5, 5.41) is 9.49. The first-order chi connectivity index (χ1) is 11.2. The summed E-state index contributed by atoms with van der Waals surface area (Å²) >= 11 is 7.54. The van der Waals surface area contributed by atoms with Crippen molar-refractivity contribution in [2.45, 2.75) is 11.8 Å². The number of ether oxygens (including phenoxy) is 1. The van der Waals surface area contributed by atoms with E-state index >= 15 is 0 Å². The Balaban J connectivity index is 2.47. The molecule has 0 radical (unpaired) electrons. The molecule has 0 heterocycles. The van der Waals surface area contributed by atoms with Crippen molar-refractivity contribution in [1.82, 2.24) is 0 Å². The number of carbonyl (C=O) groups is 1. The number of rotatable bonds is 6. The van der Waals surface area contributed by atoms with E-state index in [1.54, 1.807) is 29.5 Å². The lowest BCUT2D eigenvalue weighted by Crippen LogP contribution is -2.12. The fraction of sp³-hybridized carbons (Fsp3) is 0.133. The molecule has 0 atom stereocenters. The minimum atomic E-state index is -4.12. The minimum Gasteiger partial charge on any atom is -0.490 e. The van der Waals surface area contributed by atoms with Gasteiger partial charge in [0, 0.05) is 5.02 Å². The van der Waals surface area contributed by atoms with E-state index in [0.717, 1.165) is 0 Å². The van der Waals surface area contributed by atoms with Gasteiger partial charge in [-0.2, -0.15) is 8.42 Å². The second-order valence-electron chi connectivity index (χ2n) is 4.51.